The number of esters is 1. The number of fused-ring (bicyclic) bond motifs is 3. The minimum atomic E-state index is -0.685. The van der Waals surface area contributed by atoms with E-state index in [-0.39, 0.29) is 16.1 Å². The molecule has 0 aliphatic carbocycles. The van der Waals surface area contributed by atoms with Crippen LogP contribution < -0.4 is 14.8 Å². The topological polar surface area (TPSA) is 86.8 Å². The van der Waals surface area contributed by atoms with E-state index < -0.39 is 17.7 Å². The number of carbonyl (C=O) groups excluding carboxylic acids is 2. The van der Waals surface area contributed by atoms with E-state index in [1.807, 2.05) is 0 Å². The molecule has 0 aliphatic rings. The number of thiophene rings is 1. The predicted octanol–water partition coefficient (Wildman–Crippen LogP) is 4.64. The van der Waals surface area contributed by atoms with E-state index >= 15 is 0 Å². The molecule has 0 spiro atoms. The van der Waals surface area contributed by atoms with Crippen LogP contribution in [0.15, 0.2) is 42.6 Å². The highest BCUT2D eigenvalue weighted by Crippen LogP contribution is 2.42. The van der Waals surface area contributed by atoms with Crippen molar-refractivity contribution in [3.05, 3.63) is 58.9 Å². The van der Waals surface area contributed by atoms with Crippen LogP contribution in [0.5, 0.6) is 11.5 Å². The Hall–Kier alpha value is -3.72. The van der Waals surface area contributed by atoms with Gasteiger partial charge in [-0.2, -0.15) is 0 Å². The summed E-state index contributed by atoms with van der Waals surface area (Å²) in [6.07, 6.45) is 1.55. The van der Waals surface area contributed by atoms with Gasteiger partial charge in [0.2, 0.25) is 0 Å². The van der Waals surface area contributed by atoms with Crippen LogP contribution in [0.4, 0.5) is 10.1 Å². The lowest BCUT2D eigenvalue weighted by atomic mass is 10.1. The summed E-state index contributed by atoms with van der Waals surface area (Å²) in [5.41, 5.74) is 0.692. The standard InChI is InChI=1S/C22H17FN2O5S/c1-28-16-8-12-15(9-17(16)29-2)24-10-13-18(20(22(27)30-3)31-19(12)13)25-21(26)11-6-4-5-7-14(11)23/h4-10H,1-3H3,(H,25,26). The van der Waals surface area contributed by atoms with E-state index in [1.165, 1.54) is 39.5 Å². The van der Waals surface area contributed by atoms with Gasteiger partial charge in [0.15, 0.2) is 11.5 Å². The number of nitrogens with one attached hydrogen (secondary N) is 1. The van der Waals surface area contributed by atoms with Gasteiger partial charge in [0, 0.05) is 27.7 Å². The molecule has 2 aromatic carbocycles. The maximum Gasteiger partial charge on any atom is 0.350 e. The molecule has 2 aromatic heterocycles. The number of methoxy groups -OCH3 is 3. The van der Waals surface area contributed by atoms with Gasteiger partial charge in [-0.05, 0) is 18.2 Å². The van der Waals surface area contributed by atoms with Crippen molar-refractivity contribution >= 4 is 49.9 Å². The van der Waals surface area contributed by atoms with Crippen LogP contribution in [0.2, 0.25) is 0 Å². The normalized spacial score (nSPS) is 10.8. The molecule has 0 unspecified atom stereocenters. The lowest BCUT2D eigenvalue weighted by molar-refractivity contribution is 0.0607. The van der Waals surface area contributed by atoms with E-state index in [9.17, 15) is 14.0 Å². The van der Waals surface area contributed by atoms with Crippen molar-refractivity contribution in [3.8, 4) is 11.5 Å². The highest BCUT2D eigenvalue weighted by Gasteiger charge is 2.24. The van der Waals surface area contributed by atoms with Crippen molar-refractivity contribution in [1.82, 2.24) is 4.98 Å². The molecule has 0 radical (unpaired) electrons. The number of nitrogens with zero attached hydrogens (tertiary/aromatic N) is 1. The monoisotopic (exact) mass is 440 g/mol. The van der Waals surface area contributed by atoms with Gasteiger partial charge in [0.1, 0.15) is 10.7 Å². The first-order valence-corrected chi connectivity index (χ1v) is 9.91. The number of amides is 1. The van der Waals surface area contributed by atoms with Gasteiger partial charge in [0.05, 0.1) is 38.1 Å². The van der Waals surface area contributed by atoms with Crippen LogP contribution in [-0.4, -0.2) is 38.2 Å². The van der Waals surface area contributed by atoms with Crippen LogP contribution in [0.3, 0.4) is 0 Å². The number of hydrogen-bond acceptors (Lipinski definition) is 7. The first kappa shape index (κ1) is 20.5. The van der Waals surface area contributed by atoms with Gasteiger partial charge in [-0.15, -0.1) is 11.3 Å². The molecule has 1 N–H and O–H groups in total. The van der Waals surface area contributed by atoms with E-state index in [2.05, 4.69) is 10.3 Å². The maximum atomic E-state index is 14.1. The molecular formula is C22H17FN2O5S. The molecule has 0 bridgehead atoms. The lowest BCUT2D eigenvalue weighted by Crippen LogP contribution is -2.15. The first-order chi connectivity index (χ1) is 15.0. The summed E-state index contributed by atoms with van der Waals surface area (Å²) in [5, 5.41) is 3.88. The largest absolute Gasteiger partial charge is 0.493 e. The van der Waals surface area contributed by atoms with E-state index in [4.69, 9.17) is 14.2 Å². The van der Waals surface area contributed by atoms with Gasteiger partial charge in [-0.3, -0.25) is 9.78 Å². The number of pyridine rings is 1. The average Bonchev–Trinajstić information content (AvgIpc) is 3.16. The Morgan fingerprint density at radius 1 is 1.03 bits per heavy atom. The van der Waals surface area contributed by atoms with Crippen LogP contribution in [0.25, 0.3) is 21.0 Å². The van der Waals surface area contributed by atoms with Gasteiger partial charge < -0.3 is 19.5 Å². The number of halogens is 1. The molecule has 158 valence electrons. The Kier molecular flexibility index (Phi) is 5.43. The minimum Gasteiger partial charge on any atom is -0.493 e. The highest BCUT2D eigenvalue weighted by atomic mass is 32.1. The summed E-state index contributed by atoms with van der Waals surface area (Å²) in [6, 6.07) is 9.08. The fourth-order valence-electron chi connectivity index (χ4n) is 3.24. The second kappa shape index (κ2) is 8.19. The third-order valence-electron chi connectivity index (χ3n) is 4.75. The molecule has 0 aliphatic heterocycles. The van der Waals surface area contributed by atoms with Gasteiger partial charge in [-0.25, -0.2) is 9.18 Å². The summed E-state index contributed by atoms with van der Waals surface area (Å²) < 4.78 is 30.4. The van der Waals surface area contributed by atoms with Crippen molar-refractivity contribution in [2.75, 3.05) is 26.6 Å². The number of carbonyl (C=O) groups is 2. The zero-order chi connectivity index (χ0) is 22.1. The Balaban J connectivity index is 1.93. The Morgan fingerprint density at radius 2 is 1.74 bits per heavy atom. The summed E-state index contributed by atoms with van der Waals surface area (Å²) in [4.78, 5) is 29.8. The zero-order valence-corrected chi connectivity index (χ0v) is 17.6. The quantitative estimate of drug-likeness (QED) is 0.455. The number of hydrogen-bond donors (Lipinski definition) is 1. The number of aromatic nitrogens is 1. The van der Waals surface area contributed by atoms with Crippen molar-refractivity contribution in [2.24, 2.45) is 0 Å². The second-order valence-electron chi connectivity index (χ2n) is 6.46. The smallest absolute Gasteiger partial charge is 0.350 e. The molecule has 7 nitrogen and oxygen atoms in total. The third kappa shape index (κ3) is 3.53. The van der Waals surface area contributed by atoms with Crippen LogP contribution >= 0.6 is 11.3 Å². The molecule has 4 rings (SSSR count). The van der Waals surface area contributed by atoms with Crippen LogP contribution in [0.1, 0.15) is 20.0 Å². The number of ether oxygens (including phenoxy) is 3. The van der Waals surface area contributed by atoms with Gasteiger partial charge >= 0.3 is 5.97 Å². The third-order valence-corrected chi connectivity index (χ3v) is 5.97. The van der Waals surface area contributed by atoms with Crippen molar-refractivity contribution < 1.29 is 28.2 Å². The van der Waals surface area contributed by atoms with Crippen molar-refractivity contribution in [2.45, 2.75) is 0 Å². The number of benzene rings is 2. The number of rotatable bonds is 5. The van der Waals surface area contributed by atoms with E-state index in [0.717, 1.165) is 11.3 Å². The molecule has 1 amide bonds. The molecule has 4 aromatic rings. The lowest BCUT2D eigenvalue weighted by Gasteiger charge is -2.10. The predicted molar refractivity (Wildman–Crippen MR) is 116 cm³/mol. The van der Waals surface area contributed by atoms with Crippen LogP contribution in [-0.2, 0) is 4.74 Å². The highest BCUT2D eigenvalue weighted by molar-refractivity contribution is 7.22. The Labute approximate surface area is 180 Å². The summed E-state index contributed by atoms with van der Waals surface area (Å²) >= 11 is 1.14. The average molecular weight is 440 g/mol. The van der Waals surface area contributed by atoms with E-state index in [1.54, 1.807) is 24.4 Å². The molecular weight excluding hydrogens is 423 g/mol. The van der Waals surface area contributed by atoms with Crippen molar-refractivity contribution in [1.29, 1.82) is 0 Å². The SMILES string of the molecule is COC(=O)c1sc2c(cnc3cc(OC)c(OC)cc32)c1NC(=O)c1ccccc1F. The Bertz CT molecular complexity index is 1330. The maximum absolute atomic E-state index is 14.1. The minimum absolute atomic E-state index is 0.141. The number of anilines is 1. The second-order valence-corrected chi connectivity index (χ2v) is 7.48. The summed E-state index contributed by atoms with van der Waals surface area (Å²) in [6.45, 7) is 0. The summed E-state index contributed by atoms with van der Waals surface area (Å²) in [7, 11) is 4.30. The molecule has 9 heteroatoms. The molecule has 0 saturated carbocycles. The molecule has 31 heavy (non-hydrogen) atoms. The van der Waals surface area contributed by atoms with Gasteiger partial charge in [-0.1, -0.05) is 12.1 Å². The molecule has 0 saturated heterocycles. The summed E-state index contributed by atoms with van der Waals surface area (Å²) in [5.74, 6) is -0.970. The molecule has 0 atom stereocenters. The van der Waals surface area contributed by atoms with Crippen molar-refractivity contribution in [3.63, 3.8) is 0 Å². The zero-order valence-electron chi connectivity index (χ0n) is 16.8. The molecule has 2 heterocycles. The van der Waals surface area contributed by atoms with E-state index in [0.29, 0.717) is 32.5 Å². The Morgan fingerprint density at radius 3 is 2.42 bits per heavy atom. The first-order valence-electron chi connectivity index (χ1n) is 9.10. The fraction of sp³-hybridized carbons (Fsp3) is 0.136. The molecule has 0 fully saturated rings. The van der Waals surface area contributed by atoms with Gasteiger partial charge in [0.25, 0.3) is 5.91 Å². The van der Waals surface area contributed by atoms with Crippen LogP contribution in [0, 0.1) is 5.82 Å². The fourth-order valence-corrected chi connectivity index (χ4v) is 4.42.